The summed E-state index contributed by atoms with van der Waals surface area (Å²) in [4.78, 5) is 50.7. The number of nitrogens with one attached hydrogen (secondary N) is 1. The molecule has 9 heteroatoms. The van der Waals surface area contributed by atoms with Crippen molar-refractivity contribution in [1.29, 1.82) is 0 Å². The first kappa shape index (κ1) is 23.9. The second-order valence-corrected chi connectivity index (χ2v) is 7.72. The Morgan fingerprint density at radius 2 is 1.71 bits per heavy atom. The number of ether oxygens (including phenoxy) is 2. The number of hydrogen-bond acceptors (Lipinski definition) is 7. The van der Waals surface area contributed by atoms with E-state index in [0.29, 0.717) is 19.4 Å². The number of amides is 2. The maximum absolute atomic E-state index is 13.0. The molecule has 0 unspecified atom stereocenters. The van der Waals surface area contributed by atoms with E-state index in [1.165, 1.54) is 4.90 Å². The van der Waals surface area contributed by atoms with Crippen molar-refractivity contribution in [3.63, 3.8) is 0 Å². The van der Waals surface area contributed by atoms with E-state index >= 15 is 0 Å². The highest BCUT2D eigenvalue weighted by molar-refractivity contribution is 5.94. The molecule has 28 heavy (non-hydrogen) atoms. The van der Waals surface area contributed by atoms with Crippen molar-refractivity contribution in [2.24, 2.45) is 5.73 Å². The van der Waals surface area contributed by atoms with Crippen molar-refractivity contribution in [1.82, 2.24) is 10.2 Å². The molecule has 1 fully saturated rings. The molecule has 9 nitrogen and oxygen atoms in total. The molecule has 1 rings (SSSR count). The van der Waals surface area contributed by atoms with Crippen LogP contribution in [0.5, 0.6) is 0 Å². The highest BCUT2D eigenvalue weighted by Crippen LogP contribution is 2.29. The van der Waals surface area contributed by atoms with Gasteiger partial charge in [-0.05, 0) is 53.9 Å². The van der Waals surface area contributed by atoms with Gasteiger partial charge in [0.05, 0.1) is 18.8 Å². The fourth-order valence-electron chi connectivity index (χ4n) is 3.17. The van der Waals surface area contributed by atoms with E-state index in [0.717, 1.165) is 0 Å². The molecule has 2 atom stereocenters. The first-order chi connectivity index (χ1) is 13.0. The standard InChI is InChI=1S/C19H33N3O6/c1-12(2)27-16(24)8-7-14(17(25)28-13(3)4)21-18(26)19(5)9-6-10-22(19)15(23)11-20/h12-14H,6-11,20H2,1-5H3,(H,21,26)/t14-,19-/m0/s1. The van der Waals surface area contributed by atoms with Crippen LogP contribution in [0, 0.1) is 0 Å². The lowest BCUT2D eigenvalue weighted by Gasteiger charge is -2.34. The Morgan fingerprint density at radius 1 is 1.11 bits per heavy atom. The molecule has 1 aliphatic rings. The quantitative estimate of drug-likeness (QED) is 0.540. The van der Waals surface area contributed by atoms with Crippen molar-refractivity contribution < 1.29 is 28.7 Å². The minimum Gasteiger partial charge on any atom is -0.463 e. The van der Waals surface area contributed by atoms with E-state index in [1.54, 1.807) is 34.6 Å². The Balaban J connectivity index is 2.88. The summed E-state index contributed by atoms with van der Waals surface area (Å²) in [6.07, 6.45) is 0.495. The van der Waals surface area contributed by atoms with Crippen molar-refractivity contribution in [2.45, 2.75) is 84.1 Å². The van der Waals surface area contributed by atoms with Gasteiger partial charge in [-0.25, -0.2) is 4.79 Å². The van der Waals surface area contributed by atoms with Gasteiger partial charge in [-0.15, -0.1) is 0 Å². The van der Waals surface area contributed by atoms with E-state index in [1.807, 2.05) is 0 Å². The molecule has 1 heterocycles. The summed E-state index contributed by atoms with van der Waals surface area (Å²) < 4.78 is 10.3. The summed E-state index contributed by atoms with van der Waals surface area (Å²) in [7, 11) is 0. The van der Waals surface area contributed by atoms with E-state index in [9.17, 15) is 19.2 Å². The van der Waals surface area contributed by atoms with Crippen molar-refractivity contribution in [2.75, 3.05) is 13.1 Å². The molecule has 2 amide bonds. The lowest BCUT2D eigenvalue weighted by Crippen LogP contribution is -2.59. The summed E-state index contributed by atoms with van der Waals surface area (Å²) in [6, 6.07) is -1.01. The summed E-state index contributed by atoms with van der Waals surface area (Å²) >= 11 is 0. The van der Waals surface area contributed by atoms with Crippen LogP contribution in [-0.4, -0.2) is 65.5 Å². The number of hydrogen-bond donors (Lipinski definition) is 2. The van der Waals surface area contributed by atoms with Crippen LogP contribution < -0.4 is 11.1 Å². The summed E-state index contributed by atoms with van der Waals surface area (Å²) in [5.41, 5.74) is 4.36. The van der Waals surface area contributed by atoms with Crippen molar-refractivity contribution >= 4 is 23.8 Å². The fraction of sp³-hybridized carbons (Fsp3) is 0.789. The van der Waals surface area contributed by atoms with Gasteiger partial charge in [0.25, 0.3) is 0 Å². The summed E-state index contributed by atoms with van der Waals surface area (Å²) in [6.45, 7) is 8.75. The van der Waals surface area contributed by atoms with Crippen LogP contribution >= 0.6 is 0 Å². The van der Waals surface area contributed by atoms with Crippen molar-refractivity contribution in [3.05, 3.63) is 0 Å². The molecule has 160 valence electrons. The molecule has 0 aromatic heterocycles. The van der Waals surface area contributed by atoms with Crippen LogP contribution in [0.3, 0.4) is 0 Å². The lowest BCUT2D eigenvalue weighted by molar-refractivity contribution is -0.154. The van der Waals surface area contributed by atoms with Crippen LogP contribution in [0.15, 0.2) is 0 Å². The summed E-state index contributed by atoms with van der Waals surface area (Å²) in [5, 5.41) is 2.67. The Morgan fingerprint density at radius 3 is 2.25 bits per heavy atom. The fourth-order valence-corrected chi connectivity index (χ4v) is 3.17. The molecular formula is C19H33N3O6. The molecule has 0 spiro atoms. The van der Waals surface area contributed by atoms with Crippen LogP contribution in [0.1, 0.15) is 60.3 Å². The molecule has 0 radical (unpaired) electrons. The highest BCUT2D eigenvalue weighted by atomic mass is 16.5. The second kappa shape index (κ2) is 10.4. The van der Waals surface area contributed by atoms with Crippen molar-refractivity contribution in [3.8, 4) is 0 Å². The number of rotatable bonds is 9. The first-order valence-electron chi connectivity index (χ1n) is 9.72. The number of carbonyl (C=O) groups excluding carboxylic acids is 4. The van der Waals surface area contributed by atoms with Crippen LogP contribution in [0.25, 0.3) is 0 Å². The van der Waals surface area contributed by atoms with Gasteiger partial charge in [0.15, 0.2) is 0 Å². The molecule has 0 aliphatic carbocycles. The van der Waals surface area contributed by atoms with Gasteiger partial charge in [-0.2, -0.15) is 0 Å². The number of esters is 2. The maximum Gasteiger partial charge on any atom is 0.328 e. The minimum absolute atomic E-state index is 0.0432. The molecular weight excluding hydrogens is 366 g/mol. The van der Waals surface area contributed by atoms with Gasteiger partial charge >= 0.3 is 11.9 Å². The van der Waals surface area contributed by atoms with Gasteiger partial charge in [0.2, 0.25) is 11.8 Å². The topological polar surface area (TPSA) is 128 Å². The third-order valence-electron chi connectivity index (χ3n) is 4.55. The molecule has 1 aliphatic heterocycles. The lowest BCUT2D eigenvalue weighted by atomic mass is 9.96. The summed E-state index contributed by atoms with van der Waals surface area (Å²) in [5.74, 6) is -1.87. The largest absolute Gasteiger partial charge is 0.463 e. The smallest absolute Gasteiger partial charge is 0.328 e. The minimum atomic E-state index is -1.09. The van der Waals surface area contributed by atoms with E-state index < -0.39 is 29.4 Å². The Labute approximate surface area is 166 Å². The average molecular weight is 399 g/mol. The molecule has 3 N–H and O–H groups in total. The normalized spacial score (nSPS) is 20.2. The average Bonchev–Trinajstić information content (AvgIpc) is 2.99. The van der Waals surface area contributed by atoms with Crippen LogP contribution in [0.2, 0.25) is 0 Å². The number of likely N-dealkylation sites (tertiary alicyclic amines) is 1. The monoisotopic (exact) mass is 399 g/mol. The predicted octanol–water partition coefficient (Wildman–Crippen LogP) is 0.494. The van der Waals surface area contributed by atoms with E-state index in [2.05, 4.69) is 5.32 Å². The molecule has 0 bridgehead atoms. The van der Waals surface area contributed by atoms with E-state index in [-0.39, 0.29) is 37.5 Å². The van der Waals surface area contributed by atoms with Gasteiger partial charge in [-0.1, -0.05) is 0 Å². The molecule has 0 saturated carbocycles. The van der Waals surface area contributed by atoms with E-state index in [4.69, 9.17) is 15.2 Å². The van der Waals surface area contributed by atoms with Gasteiger partial charge < -0.3 is 25.4 Å². The third-order valence-corrected chi connectivity index (χ3v) is 4.55. The zero-order valence-electron chi connectivity index (χ0n) is 17.4. The van der Waals surface area contributed by atoms with Crippen LogP contribution in [0.4, 0.5) is 0 Å². The first-order valence-corrected chi connectivity index (χ1v) is 9.72. The molecule has 1 saturated heterocycles. The van der Waals surface area contributed by atoms with Crippen LogP contribution in [-0.2, 0) is 28.7 Å². The molecule has 0 aromatic rings. The van der Waals surface area contributed by atoms with Gasteiger partial charge in [0.1, 0.15) is 11.6 Å². The molecule has 0 aromatic carbocycles. The number of carbonyl (C=O) groups is 4. The zero-order valence-corrected chi connectivity index (χ0v) is 17.4. The zero-order chi connectivity index (χ0) is 21.5. The Hall–Kier alpha value is -2.16. The number of nitrogens with two attached hydrogens (primary N) is 1. The second-order valence-electron chi connectivity index (χ2n) is 7.72. The third kappa shape index (κ3) is 6.47. The Kier molecular flexibility index (Phi) is 8.87. The SMILES string of the molecule is CC(C)OC(=O)CC[C@H](NC(=O)[C@]1(C)CCCN1C(=O)CN)C(=O)OC(C)C. The number of nitrogens with zero attached hydrogens (tertiary/aromatic N) is 1. The highest BCUT2D eigenvalue weighted by Gasteiger charge is 2.46. The predicted molar refractivity (Wildman–Crippen MR) is 102 cm³/mol. The van der Waals surface area contributed by atoms with Gasteiger partial charge in [-0.3, -0.25) is 14.4 Å². The Bertz CT molecular complexity index is 592. The maximum atomic E-state index is 13.0. The van der Waals surface area contributed by atoms with Gasteiger partial charge in [0, 0.05) is 13.0 Å².